The van der Waals surface area contributed by atoms with Gasteiger partial charge in [0.1, 0.15) is 0 Å². The minimum Gasteiger partial charge on any atom is -0.550 e. The number of ketones is 1. The van der Waals surface area contributed by atoms with Crippen LogP contribution in [0.25, 0.3) is 0 Å². The Balaban J connectivity index is 0.00000210. The second kappa shape index (κ2) is 7.33. The summed E-state index contributed by atoms with van der Waals surface area (Å²) >= 11 is 0. The predicted molar refractivity (Wildman–Crippen MR) is 95.7 cm³/mol. The average molecular weight is 395 g/mol. The predicted octanol–water partition coefficient (Wildman–Crippen LogP) is -0.664. The number of hydrogen-bond donors (Lipinski definition) is 1. The Morgan fingerprint density at radius 2 is 2.04 bits per heavy atom. The molecule has 0 aromatic carbocycles. The summed E-state index contributed by atoms with van der Waals surface area (Å²) in [7, 11) is 0. The SMILES string of the molecule is C[C@]12CCC(=O)C=C1C=CC1C2C=C[C@@]2(C)C1CC[C@@]2(O)CCC(=O)[O-].[K+]. The van der Waals surface area contributed by atoms with Crippen LogP contribution in [0.3, 0.4) is 0 Å². The van der Waals surface area contributed by atoms with Gasteiger partial charge in [-0.3, -0.25) is 4.79 Å². The van der Waals surface area contributed by atoms with Crippen molar-refractivity contribution >= 4 is 11.8 Å². The van der Waals surface area contributed by atoms with Crippen LogP contribution in [0, 0.1) is 28.6 Å². The number of carboxylic acids is 1. The van der Waals surface area contributed by atoms with Crippen LogP contribution in [0.15, 0.2) is 36.0 Å². The molecule has 0 heterocycles. The molecule has 0 saturated heterocycles. The fourth-order valence-electron chi connectivity index (χ4n) is 6.21. The zero-order valence-corrected chi connectivity index (χ0v) is 19.7. The third-order valence-electron chi connectivity index (χ3n) is 8.01. The Morgan fingerprint density at radius 3 is 2.74 bits per heavy atom. The molecular weight excluding hydrogens is 367 g/mol. The van der Waals surface area contributed by atoms with Gasteiger partial charge in [-0.15, -0.1) is 0 Å². The number of allylic oxidation sites excluding steroid dienone is 5. The number of rotatable bonds is 3. The molecule has 4 rings (SSSR count). The van der Waals surface area contributed by atoms with Gasteiger partial charge in [0.25, 0.3) is 0 Å². The number of hydrogen-bond acceptors (Lipinski definition) is 4. The van der Waals surface area contributed by atoms with Crippen LogP contribution in [-0.2, 0) is 9.59 Å². The minimum absolute atomic E-state index is 0. The summed E-state index contributed by atoms with van der Waals surface area (Å²) in [6.45, 7) is 4.34. The third kappa shape index (κ3) is 3.23. The zero-order chi connectivity index (χ0) is 18.7. The van der Waals surface area contributed by atoms with Crippen molar-refractivity contribution in [3.8, 4) is 0 Å². The van der Waals surface area contributed by atoms with E-state index in [0.717, 1.165) is 18.4 Å². The second-order valence-corrected chi connectivity index (χ2v) is 9.14. The van der Waals surface area contributed by atoms with Crippen LogP contribution in [0.1, 0.15) is 52.4 Å². The Morgan fingerprint density at radius 1 is 1.30 bits per heavy atom. The standard InChI is InChI=1S/C22H28O4.K/c1-20-9-5-15(23)13-14(20)3-4-16-17(20)6-10-21(2)18(16)7-11-22(21,26)12-8-19(24)25;/h3-4,6,10,13,16-18,26H,5,7-9,11-12H2,1-2H3,(H,24,25);/q;+1/p-1/t16?,17?,18?,20-,21-,22+;/m0./s1. The van der Waals surface area contributed by atoms with Gasteiger partial charge in [0, 0.05) is 17.8 Å². The van der Waals surface area contributed by atoms with Gasteiger partial charge >= 0.3 is 51.4 Å². The van der Waals surface area contributed by atoms with Gasteiger partial charge in [0.05, 0.1) is 5.60 Å². The normalized spacial score (nSPS) is 44.6. The van der Waals surface area contributed by atoms with Crippen molar-refractivity contribution in [2.45, 2.75) is 58.0 Å². The second-order valence-electron chi connectivity index (χ2n) is 9.14. The summed E-state index contributed by atoms with van der Waals surface area (Å²) in [4.78, 5) is 22.8. The molecule has 0 amide bonds. The van der Waals surface area contributed by atoms with E-state index in [1.54, 1.807) is 0 Å². The van der Waals surface area contributed by atoms with Gasteiger partial charge in [0.2, 0.25) is 0 Å². The molecule has 0 aromatic heterocycles. The van der Waals surface area contributed by atoms with Crippen LogP contribution in [0.4, 0.5) is 0 Å². The van der Waals surface area contributed by atoms with Gasteiger partial charge in [-0.1, -0.05) is 38.2 Å². The number of carboxylic acid groups (broad SMARTS) is 1. The van der Waals surface area contributed by atoms with Crippen LogP contribution < -0.4 is 56.5 Å². The van der Waals surface area contributed by atoms with Crippen molar-refractivity contribution < 1.29 is 71.2 Å². The first kappa shape index (κ1) is 21.7. The Labute approximate surface area is 203 Å². The fourth-order valence-corrected chi connectivity index (χ4v) is 6.21. The molecule has 0 aliphatic heterocycles. The number of carbonyl (C=O) groups is 2. The van der Waals surface area contributed by atoms with Crippen LogP contribution in [0.5, 0.6) is 0 Å². The molecule has 0 radical (unpaired) electrons. The molecule has 1 saturated carbocycles. The first-order chi connectivity index (χ1) is 12.2. The van der Waals surface area contributed by atoms with Gasteiger partial charge in [0.15, 0.2) is 5.78 Å². The first-order valence-electron chi connectivity index (χ1n) is 9.74. The Bertz CT molecular complexity index is 753. The van der Waals surface area contributed by atoms with Crippen LogP contribution >= 0.6 is 0 Å². The molecule has 3 unspecified atom stereocenters. The molecule has 1 N–H and O–H groups in total. The number of fused-ring (bicyclic) bond motifs is 5. The fraction of sp³-hybridized carbons (Fsp3) is 0.636. The van der Waals surface area contributed by atoms with Crippen molar-refractivity contribution in [2.75, 3.05) is 0 Å². The Kier molecular flexibility index (Phi) is 5.88. The molecule has 0 aromatic rings. The van der Waals surface area contributed by atoms with E-state index in [0.29, 0.717) is 24.7 Å². The minimum atomic E-state index is -1.10. The molecule has 140 valence electrons. The molecule has 0 bridgehead atoms. The third-order valence-corrected chi connectivity index (χ3v) is 8.01. The summed E-state index contributed by atoms with van der Waals surface area (Å²) in [5, 5.41) is 22.2. The van der Waals surface area contributed by atoms with Crippen molar-refractivity contribution in [3.63, 3.8) is 0 Å². The molecule has 4 aliphatic carbocycles. The van der Waals surface area contributed by atoms with E-state index in [1.165, 1.54) is 0 Å². The van der Waals surface area contributed by atoms with Gasteiger partial charge in [-0.25, -0.2) is 0 Å². The van der Waals surface area contributed by atoms with Crippen molar-refractivity contribution in [2.24, 2.45) is 28.6 Å². The quantitative estimate of drug-likeness (QED) is 0.509. The maximum absolute atomic E-state index is 11.9. The summed E-state index contributed by atoms with van der Waals surface area (Å²) in [5.41, 5.74) is -0.312. The maximum atomic E-state index is 11.9. The monoisotopic (exact) mass is 394 g/mol. The topological polar surface area (TPSA) is 77.4 Å². The first-order valence-corrected chi connectivity index (χ1v) is 9.74. The largest absolute Gasteiger partial charge is 1.00 e. The number of aliphatic hydroxyl groups is 1. The summed E-state index contributed by atoms with van der Waals surface area (Å²) in [6, 6.07) is 0. The molecule has 27 heavy (non-hydrogen) atoms. The van der Waals surface area contributed by atoms with Gasteiger partial charge < -0.3 is 15.0 Å². The van der Waals surface area contributed by atoms with E-state index >= 15 is 0 Å². The summed E-state index contributed by atoms with van der Waals surface area (Å²) in [6.07, 6.45) is 13.7. The number of carbonyl (C=O) groups excluding carboxylic acids is 2. The summed E-state index contributed by atoms with van der Waals surface area (Å²) in [5.74, 6) is 0.0415. The molecule has 5 heteroatoms. The van der Waals surface area contributed by atoms with E-state index in [-0.39, 0.29) is 81.3 Å². The molecular formula is C22H27KO4. The average Bonchev–Trinajstić information content (AvgIpc) is 2.86. The smallest absolute Gasteiger partial charge is 0.550 e. The summed E-state index contributed by atoms with van der Waals surface area (Å²) < 4.78 is 0. The van der Waals surface area contributed by atoms with E-state index in [9.17, 15) is 19.8 Å². The van der Waals surface area contributed by atoms with E-state index < -0.39 is 17.0 Å². The van der Waals surface area contributed by atoms with E-state index in [4.69, 9.17) is 0 Å². The van der Waals surface area contributed by atoms with Gasteiger partial charge in [-0.2, -0.15) is 0 Å². The van der Waals surface area contributed by atoms with Gasteiger partial charge in [-0.05, 0) is 66.9 Å². The molecule has 0 spiro atoms. The van der Waals surface area contributed by atoms with E-state index in [2.05, 4.69) is 38.2 Å². The zero-order valence-electron chi connectivity index (χ0n) is 16.5. The molecule has 1 fully saturated rings. The number of aliphatic carboxylic acids is 1. The molecule has 4 nitrogen and oxygen atoms in total. The molecule has 4 aliphatic rings. The Hall–Kier alpha value is -0.0436. The van der Waals surface area contributed by atoms with Crippen molar-refractivity contribution in [3.05, 3.63) is 36.0 Å². The molecule has 6 atom stereocenters. The van der Waals surface area contributed by atoms with Crippen molar-refractivity contribution in [1.29, 1.82) is 0 Å². The van der Waals surface area contributed by atoms with Crippen molar-refractivity contribution in [1.82, 2.24) is 0 Å². The van der Waals surface area contributed by atoms with E-state index in [1.807, 2.05) is 6.08 Å². The maximum Gasteiger partial charge on any atom is 1.00 e. The van der Waals surface area contributed by atoms with Crippen LogP contribution in [-0.4, -0.2) is 22.5 Å². The van der Waals surface area contributed by atoms with Crippen LogP contribution in [0.2, 0.25) is 0 Å².